The molecule has 0 saturated heterocycles. The van der Waals surface area contributed by atoms with Crippen LogP contribution in [0.5, 0.6) is 0 Å². The minimum absolute atomic E-state index is 0.0166. The summed E-state index contributed by atoms with van der Waals surface area (Å²) in [6.07, 6.45) is 1.52. The molecule has 0 aliphatic rings. The van der Waals surface area contributed by atoms with Gasteiger partial charge in [0, 0.05) is 18.6 Å². The van der Waals surface area contributed by atoms with E-state index in [-0.39, 0.29) is 22.7 Å². The van der Waals surface area contributed by atoms with Crippen LogP contribution in [0.4, 0.5) is 0 Å². The largest absolute Gasteiger partial charge is 0.461 e. The minimum atomic E-state index is -4.17. The van der Waals surface area contributed by atoms with Crippen molar-refractivity contribution in [1.82, 2.24) is 8.54 Å². The molecule has 0 bridgehead atoms. The summed E-state index contributed by atoms with van der Waals surface area (Å²) in [7, 11) is -2.65. The second-order valence-corrected chi connectivity index (χ2v) is 7.65. The summed E-state index contributed by atoms with van der Waals surface area (Å²) in [5.74, 6) is -0.804. The lowest BCUT2D eigenvalue weighted by molar-refractivity contribution is 0.0518. The smallest absolute Gasteiger partial charge is 0.356 e. The molecule has 1 aromatic carbocycles. The van der Waals surface area contributed by atoms with Crippen molar-refractivity contribution >= 4 is 26.9 Å². The molecule has 136 valence electrons. The number of pyridine rings is 1. The molecule has 0 spiro atoms. The van der Waals surface area contributed by atoms with Crippen LogP contribution in [0.15, 0.2) is 52.3 Å². The Morgan fingerprint density at radius 2 is 1.81 bits per heavy atom. The number of hydrogen-bond donors (Lipinski definition) is 0. The van der Waals surface area contributed by atoms with Crippen LogP contribution in [0, 0.1) is 6.92 Å². The van der Waals surface area contributed by atoms with Crippen LogP contribution in [0.25, 0.3) is 10.9 Å². The summed E-state index contributed by atoms with van der Waals surface area (Å²) in [6, 6.07) is 9.14. The van der Waals surface area contributed by atoms with Gasteiger partial charge >= 0.3 is 5.97 Å². The third kappa shape index (κ3) is 2.82. The van der Waals surface area contributed by atoms with Gasteiger partial charge in [0.25, 0.3) is 15.6 Å². The van der Waals surface area contributed by atoms with E-state index in [4.69, 9.17) is 4.74 Å². The first-order chi connectivity index (χ1) is 12.3. The molecule has 2 heterocycles. The molecular weight excluding hydrogens is 356 g/mol. The van der Waals surface area contributed by atoms with Gasteiger partial charge in [0.2, 0.25) is 0 Å². The molecule has 3 aromatic rings. The van der Waals surface area contributed by atoms with Gasteiger partial charge in [-0.1, -0.05) is 17.7 Å². The average Bonchev–Trinajstić information content (AvgIpc) is 3.00. The summed E-state index contributed by atoms with van der Waals surface area (Å²) in [5, 5.41) is 0.354. The zero-order valence-electron chi connectivity index (χ0n) is 14.6. The zero-order valence-corrected chi connectivity index (χ0v) is 15.4. The van der Waals surface area contributed by atoms with Gasteiger partial charge in [0.05, 0.1) is 11.5 Å². The Balaban J connectivity index is 2.40. The second kappa shape index (κ2) is 6.45. The van der Waals surface area contributed by atoms with Gasteiger partial charge in [-0.15, -0.1) is 0 Å². The van der Waals surface area contributed by atoms with Gasteiger partial charge in [0.1, 0.15) is 11.2 Å². The lowest BCUT2D eigenvalue weighted by atomic mass is 10.2. The zero-order chi connectivity index (χ0) is 19.1. The topological polar surface area (TPSA) is 87.4 Å². The first-order valence-corrected chi connectivity index (χ1v) is 9.42. The van der Waals surface area contributed by atoms with Crippen molar-refractivity contribution in [2.45, 2.75) is 18.7 Å². The number of esters is 1. The summed E-state index contributed by atoms with van der Waals surface area (Å²) >= 11 is 0. The van der Waals surface area contributed by atoms with E-state index in [1.807, 2.05) is 6.92 Å². The van der Waals surface area contributed by atoms with Crippen LogP contribution >= 0.6 is 0 Å². The monoisotopic (exact) mass is 374 g/mol. The predicted octanol–water partition coefficient (Wildman–Crippen LogP) is 2.06. The number of carbonyl (C=O) groups is 1. The number of rotatable bonds is 4. The highest BCUT2D eigenvalue weighted by Gasteiger charge is 2.28. The highest BCUT2D eigenvalue weighted by molar-refractivity contribution is 7.90. The SMILES string of the molecule is CCOC(=O)c1cc2ccn(C)c(=O)c2n1S(=O)(=O)c1ccc(C)cc1. The Bertz CT molecular complexity index is 1150. The number of benzene rings is 1. The van der Waals surface area contributed by atoms with Crippen molar-refractivity contribution < 1.29 is 17.9 Å². The molecule has 0 saturated carbocycles. The van der Waals surface area contributed by atoms with Crippen LogP contribution in [0.2, 0.25) is 0 Å². The first kappa shape index (κ1) is 17.9. The van der Waals surface area contributed by atoms with Crippen molar-refractivity contribution in [2.75, 3.05) is 6.61 Å². The van der Waals surface area contributed by atoms with Crippen molar-refractivity contribution in [3.05, 3.63) is 64.2 Å². The van der Waals surface area contributed by atoms with E-state index in [1.165, 1.54) is 36.0 Å². The molecule has 3 rings (SSSR count). The molecule has 2 aromatic heterocycles. The molecule has 7 nitrogen and oxygen atoms in total. The number of aryl methyl sites for hydroxylation is 2. The average molecular weight is 374 g/mol. The van der Waals surface area contributed by atoms with Crippen molar-refractivity contribution in [3.8, 4) is 0 Å². The van der Waals surface area contributed by atoms with Gasteiger partial charge in [-0.25, -0.2) is 17.2 Å². The fraction of sp³-hybridized carbons (Fsp3) is 0.222. The van der Waals surface area contributed by atoms with E-state index >= 15 is 0 Å². The van der Waals surface area contributed by atoms with Crippen molar-refractivity contribution in [3.63, 3.8) is 0 Å². The molecular formula is C18H18N2O5S. The number of fused-ring (bicyclic) bond motifs is 1. The van der Waals surface area contributed by atoms with E-state index in [2.05, 4.69) is 0 Å². The Morgan fingerprint density at radius 1 is 1.15 bits per heavy atom. The standard InChI is InChI=1S/C18H18N2O5S/c1-4-25-18(22)15-11-13-9-10-19(3)17(21)16(13)20(15)26(23,24)14-7-5-12(2)6-8-14/h5-11H,4H2,1-3H3. The Kier molecular flexibility index (Phi) is 4.45. The fourth-order valence-electron chi connectivity index (χ4n) is 2.69. The lowest BCUT2D eigenvalue weighted by Gasteiger charge is -2.11. The third-order valence-electron chi connectivity index (χ3n) is 4.03. The van der Waals surface area contributed by atoms with Gasteiger partial charge < -0.3 is 9.30 Å². The normalized spacial score (nSPS) is 11.7. The van der Waals surface area contributed by atoms with Crippen LogP contribution < -0.4 is 5.56 Å². The van der Waals surface area contributed by atoms with Gasteiger partial charge in [-0.05, 0) is 38.1 Å². The maximum absolute atomic E-state index is 13.2. The summed E-state index contributed by atoms with van der Waals surface area (Å²) in [4.78, 5) is 24.9. The van der Waals surface area contributed by atoms with E-state index in [0.717, 1.165) is 9.54 Å². The van der Waals surface area contributed by atoms with Crippen molar-refractivity contribution in [1.29, 1.82) is 0 Å². The van der Waals surface area contributed by atoms with Gasteiger partial charge in [0.15, 0.2) is 0 Å². The number of ether oxygens (including phenoxy) is 1. The van der Waals surface area contributed by atoms with Crippen LogP contribution in [0.1, 0.15) is 23.0 Å². The first-order valence-electron chi connectivity index (χ1n) is 7.98. The maximum atomic E-state index is 13.2. The third-order valence-corrected chi connectivity index (χ3v) is 5.76. The molecule has 0 N–H and O–H groups in total. The molecule has 0 aliphatic carbocycles. The molecule has 0 fully saturated rings. The molecule has 0 radical (unpaired) electrons. The molecule has 0 atom stereocenters. The quantitative estimate of drug-likeness (QED) is 0.653. The van der Waals surface area contributed by atoms with Crippen LogP contribution in [-0.4, -0.2) is 29.5 Å². The summed E-state index contributed by atoms with van der Waals surface area (Å²) in [6.45, 7) is 3.54. The minimum Gasteiger partial charge on any atom is -0.461 e. The second-order valence-electron chi connectivity index (χ2n) is 5.87. The number of nitrogens with zero attached hydrogens (tertiary/aromatic N) is 2. The summed E-state index contributed by atoms with van der Waals surface area (Å²) in [5.41, 5.74) is 0.0842. The number of aromatic nitrogens is 2. The van der Waals surface area contributed by atoms with Gasteiger partial charge in [-0.2, -0.15) is 0 Å². The Hall–Kier alpha value is -2.87. The Labute approximate surface area is 150 Å². The van der Waals surface area contributed by atoms with E-state index in [9.17, 15) is 18.0 Å². The molecule has 8 heteroatoms. The van der Waals surface area contributed by atoms with Crippen LogP contribution in [0.3, 0.4) is 0 Å². The lowest BCUT2D eigenvalue weighted by Crippen LogP contribution is -2.25. The maximum Gasteiger partial charge on any atom is 0.356 e. The predicted molar refractivity (Wildman–Crippen MR) is 96.9 cm³/mol. The van der Waals surface area contributed by atoms with Crippen LogP contribution in [-0.2, 0) is 21.8 Å². The fourth-order valence-corrected chi connectivity index (χ4v) is 4.19. The number of hydrogen-bond acceptors (Lipinski definition) is 5. The molecule has 26 heavy (non-hydrogen) atoms. The molecule has 0 amide bonds. The van der Waals surface area contributed by atoms with E-state index in [1.54, 1.807) is 25.1 Å². The highest BCUT2D eigenvalue weighted by atomic mass is 32.2. The van der Waals surface area contributed by atoms with Gasteiger partial charge in [-0.3, -0.25) is 4.79 Å². The number of carbonyl (C=O) groups excluding carboxylic acids is 1. The van der Waals surface area contributed by atoms with Crippen molar-refractivity contribution in [2.24, 2.45) is 7.05 Å². The summed E-state index contributed by atoms with van der Waals surface area (Å²) < 4.78 is 33.5. The van der Waals surface area contributed by atoms with E-state index < -0.39 is 21.6 Å². The highest BCUT2D eigenvalue weighted by Crippen LogP contribution is 2.24. The van der Waals surface area contributed by atoms with E-state index in [0.29, 0.717) is 5.39 Å². The Morgan fingerprint density at radius 3 is 2.42 bits per heavy atom. The molecule has 0 unspecified atom stereocenters. The molecule has 0 aliphatic heterocycles.